The largest absolute Gasteiger partial charge is 0.390 e. The molecule has 0 amide bonds. The van der Waals surface area contributed by atoms with Gasteiger partial charge in [-0.1, -0.05) is 0 Å². The maximum absolute atomic E-state index is 11.0. The number of nitrogens with two attached hydrogens (primary N) is 1. The summed E-state index contributed by atoms with van der Waals surface area (Å²) in [7, 11) is 0. The monoisotopic (exact) mass is 237 g/mol. The van der Waals surface area contributed by atoms with Crippen LogP contribution in [0.5, 0.6) is 0 Å². The Morgan fingerprint density at radius 1 is 1.41 bits per heavy atom. The number of hydrogen-bond donors (Lipinski definition) is 4. The fourth-order valence-electron chi connectivity index (χ4n) is 1.35. The molecule has 0 aliphatic heterocycles. The van der Waals surface area contributed by atoms with Crippen LogP contribution in [0.4, 0.5) is 5.82 Å². The Balaban J connectivity index is 2.62. The molecule has 2 rings (SSSR count). The first-order chi connectivity index (χ1) is 7.99. The molecule has 0 saturated carbocycles. The van der Waals surface area contributed by atoms with Gasteiger partial charge in [0.2, 0.25) is 0 Å². The van der Waals surface area contributed by atoms with Crippen molar-refractivity contribution in [2.24, 2.45) is 0 Å². The number of nitrogen functional groups attached to an aromatic ring is 1. The predicted octanol–water partition coefficient (Wildman–Crippen LogP) is -1.29. The van der Waals surface area contributed by atoms with Crippen LogP contribution in [-0.2, 0) is 0 Å². The minimum Gasteiger partial charge on any atom is -0.390 e. The van der Waals surface area contributed by atoms with Gasteiger partial charge in [-0.2, -0.15) is 4.98 Å². The second kappa shape index (κ2) is 4.07. The third kappa shape index (κ3) is 2.08. The third-order valence-electron chi connectivity index (χ3n) is 2.24. The molecule has 0 aliphatic carbocycles. The Morgan fingerprint density at radius 3 is 2.76 bits per heavy atom. The molecule has 0 aromatic carbocycles. The van der Waals surface area contributed by atoms with Crippen molar-refractivity contribution in [1.82, 2.24) is 19.9 Å². The van der Waals surface area contributed by atoms with E-state index in [2.05, 4.69) is 19.9 Å². The topological polar surface area (TPSA) is 138 Å². The summed E-state index contributed by atoms with van der Waals surface area (Å²) in [6, 6.07) is 0. The van der Waals surface area contributed by atoms with Gasteiger partial charge < -0.3 is 15.9 Å². The summed E-state index contributed by atoms with van der Waals surface area (Å²) < 4.78 is 0. The molecule has 2 heterocycles. The zero-order valence-corrected chi connectivity index (χ0v) is 8.95. The number of fused-ring (bicyclic) bond motifs is 1. The predicted molar refractivity (Wildman–Crippen MR) is 59.0 cm³/mol. The van der Waals surface area contributed by atoms with E-state index in [0.29, 0.717) is 0 Å². The molecule has 2 aromatic rings. The van der Waals surface area contributed by atoms with Crippen molar-refractivity contribution >= 4 is 17.0 Å². The molecule has 17 heavy (non-hydrogen) atoms. The Morgan fingerprint density at radius 2 is 2.12 bits per heavy atom. The number of aromatic amines is 1. The number of aliphatic hydroxyl groups excluding tert-OH is 2. The van der Waals surface area contributed by atoms with Crippen LogP contribution < -0.4 is 11.4 Å². The van der Waals surface area contributed by atoms with Crippen LogP contribution in [0.3, 0.4) is 0 Å². The summed E-state index contributed by atoms with van der Waals surface area (Å²) in [6.45, 7) is 1.42. The molecular formula is C9H11N5O3. The molecular weight excluding hydrogens is 226 g/mol. The first-order valence-corrected chi connectivity index (χ1v) is 4.87. The molecule has 0 spiro atoms. The van der Waals surface area contributed by atoms with E-state index in [1.54, 1.807) is 0 Å². The van der Waals surface area contributed by atoms with E-state index in [-0.39, 0.29) is 22.7 Å². The molecule has 2 atom stereocenters. The fourth-order valence-corrected chi connectivity index (χ4v) is 1.35. The van der Waals surface area contributed by atoms with Crippen molar-refractivity contribution in [3.63, 3.8) is 0 Å². The standard InChI is InChI=1S/C9H11N5O3/c1-3(15)6(16)4-2-11-8-5(12-4)7(10)13-9(17)14-8/h2-3,6,15-16H,1H3,(H3,10,11,13,14,17). The summed E-state index contributed by atoms with van der Waals surface area (Å²) in [5, 5.41) is 18.9. The summed E-state index contributed by atoms with van der Waals surface area (Å²) in [5.74, 6) is 0.0205. The van der Waals surface area contributed by atoms with Gasteiger partial charge in [-0.3, -0.25) is 4.98 Å². The second-order valence-corrected chi connectivity index (χ2v) is 3.61. The van der Waals surface area contributed by atoms with Gasteiger partial charge in [-0.25, -0.2) is 14.8 Å². The van der Waals surface area contributed by atoms with E-state index >= 15 is 0 Å². The van der Waals surface area contributed by atoms with Gasteiger partial charge >= 0.3 is 5.69 Å². The lowest BCUT2D eigenvalue weighted by Gasteiger charge is -2.12. The highest BCUT2D eigenvalue weighted by Gasteiger charge is 2.17. The number of aromatic nitrogens is 4. The lowest BCUT2D eigenvalue weighted by atomic mass is 10.2. The van der Waals surface area contributed by atoms with E-state index in [1.165, 1.54) is 13.1 Å². The Labute approximate surface area is 95.2 Å². The molecule has 0 fully saturated rings. The van der Waals surface area contributed by atoms with Crippen LogP contribution in [-0.4, -0.2) is 36.3 Å². The van der Waals surface area contributed by atoms with Gasteiger partial charge in [0.1, 0.15) is 17.4 Å². The van der Waals surface area contributed by atoms with Gasteiger partial charge in [0.05, 0.1) is 18.0 Å². The van der Waals surface area contributed by atoms with Crippen molar-refractivity contribution in [3.8, 4) is 0 Å². The first kappa shape index (κ1) is 11.4. The van der Waals surface area contributed by atoms with E-state index in [4.69, 9.17) is 5.73 Å². The highest BCUT2D eigenvalue weighted by atomic mass is 16.3. The minimum absolute atomic E-state index is 0.0205. The maximum atomic E-state index is 11.0. The zero-order chi connectivity index (χ0) is 12.6. The lowest BCUT2D eigenvalue weighted by molar-refractivity contribution is 0.0278. The van der Waals surface area contributed by atoms with E-state index < -0.39 is 17.9 Å². The third-order valence-corrected chi connectivity index (χ3v) is 2.24. The molecule has 0 radical (unpaired) electrons. The van der Waals surface area contributed by atoms with Crippen LogP contribution in [0.2, 0.25) is 0 Å². The number of aliphatic hydroxyl groups is 2. The summed E-state index contributed by atoms with van der Waals surface area (Å²) >= 11 is 0. The highest BCUT2D eigenvalue weighted by molar-refractivity contribution is 5.80. The van der Waals surface area contributed by atoms with Gasteiger partial charge in [0, 0.05) is 0 Å². The molecule has 2 aromatic heterocycles. The molecule has 0 bridgehead atoms. The summed E-state index contributed by atoms with van der Waals surface area (Å²) in [6.07, 6.45) is -0.914. The van der Waals surface area contributed by atoms with Crippen LogP contribution in [0.15, 0.2) is 11.0 Å². The zero-order valence-electron chi connectivity index (χ0n) is 8.95. The average Bonchev–Trinajstić information content (AvgIpc) is 2.27. The molecule has 0 saturated heterocycles. The molecule has 5 N–H and O–H groups in total. The molecule has 90 valence electrons. The SMILES string of the molecule is CC(O)C(O)c1cnc2nc(=O)[nH]c(N)c2n1. The van der Waals surface area contributed by atoms with E-state index in [1.807, 2.05) is 0 Å². The second-order valence-electron chi connectivity index (χ2n) is 3.61. The van der Waals surface area contributed by atoms with Crippen molar-refractivity contribution in [1.29, 1.82) is 0 Å². The number of nitrogens with zero attached hydrogens (tertiary/aromatic N) is 3. The molecule has 2 unspecified atom stereocenters. The average molecular weight is 237 g/mol. The van der Waals surface area contributed by atoms with Crippen LogP contribution in [0.25, 0.3) is 11.2 Å². The number of nitrogens with one attached hydrogen (secondary N) is 1. The Kier molecular flexibility index (Phi) is 2.74. The lowest BCUT2D eigenvalue weighted by Crippen LogP contribution is -2.18. The highest BCUT2D eigenvalue weighted by Crippen LogP contribution is 2.17. The summed E-state index contributed by atoms with van der Waals surface area (Å²) in [4.78, 5) is 24.7. The maximum Gasteiger partial charge on any atom is 0.348 e. The van der Waals surface area contributed by atoms with Gasteiger partial charge in [-0.15, -0.1) is 0 Å². The number of anilines is 1. The van der Waals surface area contributed by atoms with E-state index in [9.17, 15) is 15.0 Å². The number of H-pyrrole nitrogens is 1. The van der Waals surface area contributed by atoms with Gasteiger partial charge in [0.15, 0.2) is 5.65 Å². The van der Waals surface area contributed by atoms with Crippen molar-refractivity contribution in [2.45, 2.75) is 19.1 Å². The minimum atomic E-state index is -1.17. The molecule has 0 aliphatic rings. The smallest absolute Gasteiger partial charge is 0.348 e. The van der Waals surface area contributed by atoms with Crippen molar-refractivity contribution in [3.05, 3.63) is 22.4 Å². The van der Waals surface area contributed by atoms with Gasteiger partial charge in [-0.05, 0) is 6.92 Å². The van der Waals surface area contributed by atoms with Crippen LogP contribution in [0.1, 0.15) is 18.7 Å². The molecule has 8 heteroatoms. The number of rotatable bonds is 2. The van der Waals surface area contributed by atoms with Crippen molar-refractivity contribution in [2.75, 3.05) is 5.73 Å². The van der Waals surface area contributed by atoms with Crippen LogP contribution >= 0.6 is 0 Å². The van der Waals surface area contributed by atoms with Crippen molar-refractivity contribution < 1.29 is 10.2 Å². The summed E-state index contributed by atoms with van der Waals surface area (Å²) in [5.41, 5.74) is 5.38. The van der Waals surface area contributed by atoms with E-state index in [0.717, 1.165) is 0 Å². The van der Waals surface area contributed by atoms with Gasteiger partial charge in [0.25, 0.3) is 0 Å². The quantitative estimate of drug-likeness (QED) is 0.509. The first-order valence-electron chi connectivity index (χ1n) is 4.87. The normalized spacial score (nSPS) is 14.8. The Bertz CT molecular complexity index is 609. The fraction of sp³-hybridized carbons (Fsp3) is 0.333. The van der Waals surface area contributed by atoms with Crippen LogP contribution in [0, 0.1) is 0 Å². The molecule has 8 nitrogen and oxygen atoms in total. The number of hydrogen-bond acceptors (Lipinski definition) is 7. The Hall–Kier alpha value is -2.06.